The number of nitrogens with two attached hydrogens (primary N) is 1. The number of non-ortho nitro benzene ring substituents is 1. The van der Waals surface area contributed by atoms with Gasteiger partial charge < -0.3 is 25.9 Å². The van der Waals surface area contributed by atoms with Crippen LogP contribution in [0.1, 0.15) is 25.1 Å². The van der Waals surface area contributed by atoms with Crippen LogP contribution in [0, 0.1) is 10.1 Å². The van der Waals surface area contributed by atoms with Crippen molar-refractivity contribution < 1.29 is 51.4 Å². The molecule has 1 fully saturated rings. The number of aromatic nitrogens is 1. The summed E-state index contributed by atoms with van der Waals surface area (Å²) in [5.41, 5.74) is 2.54. The topological polar surface area (TPSA) is 280 Å². The van der Waals surface area contributed by atoms with E-state index in [9.17, 15) is 47.1 Å². The van der Waals surface area contributed by atoms with Crippen LogP contribution in [0.15, 0.2) is 34.8 Å². The van der Waals surface area contributed by atoms with E-state index >= 15 is 0 Å². The van der Waals surface area contributed by atoms with E-state index in [1.54, 1.807) is 0 Å². The molecule has 0 spiro atoms. The van der Waals surface area contributed by atoms with E-state index in [1.165, 1.54) is 43.5 Å². The third kappa shape index (κ3) is 9.15. The van der Waals surface area contributed by atoms with E-state index in [2.05, 4.69) is 20.8 Å². The Hall–Kier alpha value is -3.73. The number of hydrogen-bond donors (Lipinski definition) is 4. The summed E-state index contributed by atoms with van der Waals surface area (Å²) in [6.07, 6.45) is 0. The quantitative estimate of drug-likeness (QED) is 0.0280. The number of β-lactam (4-membered cyclic amide) rings is 1. The SMILES string of the molecule is CC(C)(O/N=C(\C(=O)NC1C(=O)N(S(=O)(=O)O)C1C(N)=O)c1csc(NC(=O)CCl)n1)C(=O)OCc1ccc([N+](=O)[O-])cc1.[NaH]. The Balaban J connectivity index is 0.00000705. The average molecular weight is 700 g/mol. The number of amides is 4. The number of nitro benzene ring substituents is 1. The molecule has 1 aromatic carbocycles. The van der Waals surface area contributed by atoms with Crippen molar-refractivity contribution in [2.24, 2.45) is 10.9 Å². The monoisotopic (exact) mass is 699 g/mol. The molecular formula is C22H23ClN7NaO12S2. The number of oxime groups is 1. The molecule has 1 aliphatic heterocycles. The van der Waals surface area contributed by atoms with Gasteiger partial charge in [0.05, 0.1) is 4.92 Å². The van der Waals surface area contributed by atoms with Crippen LogP contribution >= 0.6 is 22.9 Å². The van der Waals surface area contributed by atoms with Crippen molar-refractivity contribution in [1.82, 2.24) is 14.6 Å². The standard InChI is InChI=1S/C22H22ClN7O12S2.Na.H/c1-22(2,20(35)41-8-10-3-5-11(6-4-10)30(36)37)42-28-14(12-9-43-21(25-12)26-13(31)7-23)18(33)27-15-16(17(24)32)29(19(15)34)44(38,39)40;;/h3-6,9,15-16H,7-8H2,1-2H3,(H2,24,32)(H,27,33)(H,25,26,31)(H,38,39,40);;/b28-14-;;. The van der Waals surface area contributed by atoms with E-state index in [1.807, 2.05) is 0 Å². The van der Waals surface area contributed by atoms with Crippen molar-refractivity contribution in [3.8, 4) is 0 Å². The fraction of sp³-hybridized carbons (Fsp3) is 0.318. The minimum absolute atomic E-state index is 0. The number of alkyl halides is 1. The second-order valence-corrected chi connectivity index (χ2v) is 11.6. The summed E-state index contributed by atoms with van der Waals surface area (Å²) in [5, 5.41) is 20.1. The zero-order chi connectivity index (χ0) is 33.0. The van der Waals surface area contributed by atoms with E-state index in [-0.39, 0.29) is 57.0 Å². The molecular weight excluding hydrogens is 677 g/mol. The molecule has 2 unspecified atom stereocenters. The van der Waals surface area contributed by atoms with Gasteiger partial charge in [-0.3, -0.25) is 33.8 Å². The Labute approximate surface area is 284 Å². The minimum atomic E-state index is -5.20. The van der Waals surface area contributed by atoms with Crippen molar-refractivity contribution in [2.75, 3.05) is 11.2 Å². The molecule has 0 saturated carbocycles. The van der Waals surface area contributed by atoms with Gasteiger partial charge in [-0.1, -0.05) is 5.16 Å². The first-order chi connectivity index (χ1) is 20.5. The predicted octanol–water partition coefficient (Wildman–Crippen LogP) is -1.19. The Kier molecular flexibility index (Phi) is 12.5. The second kappa shape index (κ2) is 15.0. The normalized spacial score (nSPS) is 16.5. The number of carbonyl (C=O) groups is 5. The van der Waals surface area contributed by atoms with Crippen molar-refractivity contribution in [1.29, 1.82) is 0 Å². The van der Waals surface area contributed by atoms with Crippen molar-refractivity contribution >= 4 is 109 Å². The number of halogens is 1. The maximum absolute atomic E-state index is 13.2. The molecule has 0 radical (unpaired) electrons. The van der Waals surface area contributed by atoms with Crippen LogP contribution in [-0.4, -0.2) is 116 Å². The number of esters is 1. The molecule has 3 rings (SSSR count). The van der Waals surface area contributed by atoms with Crippen LogP contribution < -0.4 is 16.4 Å². The number of thiazole rings is 1. The predicted molar refractivity (Wildman–Crippen MR) is 157 cm³/mol. The number of rotatable bonds is 13. The van der Waals surface area contributed by atoms with Gasteiger partial charge in [-0.15, -0.1) is 22.9 Å². The van der Waals surface area contributed by atoms with Gasteiger partial charge in [0, 0.05) is 17.5 Å². The van der Waals surface area contributed by atoms with Gasteiger partial charge in [0.15, 0.2) is 16.9 Å². The number of benzene rings is 1. The van der Waals surface area contributed by atoms with Crippen molar-refractivity contribution in [2.45, 2.75) is 38.1 Å². The van der Waals surface area contributed by atoms with Gasteiger partial charge in [-0.05, 0) is 31.5 Å². The summed E-state index contributed by atoms with van der Waals surface area (Å²) < 4.78 is 37.1. The average Bonchev–Trinajstić information content (AvgIpc) is 3.39. The number of anilines is 1. The molecule has 19 nitrogen and oxygen atoms in total. The summed E-state index contributed by atoms with van der Waals surface area (Å²) in [6, 6.07) is 1.33. The number of ether oxygens (including phenoxy) is 1. The molecule has 4 amide bonds. The van der Waals surface area contributed by atoms with Crippen LogP contribution in [0.4, 0.5) is 10.8 Å². The molecule has 2 heterocycles. The summed E-state index contributed by atoms with van der Waals surface area (Å²) in [7, 11) is -5.20. The number of nitrogens with one attached hydrogen (secondary N) is 2. The van der Waals surface area contributed by atoms with Gasteiger partial charge in [0.1, 0.15) is 24.2 Å². The first-order valence-corrected chi connectivity index (χ1v) is 14.7. The van der Waals surface area contributed by atoms with Crippen LogP contribution in [0.5, 0.6) is 0 Å². The molecule has 0 aliphatic carbocycles. The summed E-state index contributed by atoms with van der Waals surface area (Å²) in [4.78, 5) is 81.2. The molecule has 0 bridgehead atoms. The molecule has 2 aromatic rings. The molecule has 1 aromatic heterocycles. The Bertz CT molecular complexity index is 1650. The molecule has 5 N–H and O–H groups in total. The fourth-order valence-corrected chi connectivity index (χ4v) is 5.01. The number of hydrogen-bond acceptors (Lipinski definition) is 14. The zero-order valence-corrected chi connectivity index (χ0v) is 24.8. The van der Waals surface area contributed by atoms with Gasteiger partial charge in [0.2, 0.25) is 17.4 Å². The first-order valence-electron chi connectivity index (χ1n) is 11.9. The summed E-state index contributed by atoms with van der Waals surface area (Å²) in [6.45, 7) is 2.14. The third-order valence-electron chi connectivity index (χ3n) is 5.58. The molecule has 1 aliphatic rings. The first kappa shape index (κ1) is 37.5. The van der Waals surface area contributed by atoms with E-state index in [4.69, 9.17) is 26.9 Å². The Morgan fingerprint density at radius 1 is 1.27 bits per heavy atom. The van der Waals surface area contributed by atoms with E-state index < -0.39 is 74.1 Å². The third-order valence-corrected chi connectivity index (χ3v) is 7.49. The molecule has 238 valence electrons. The Morgan fingerprint density at radius 2 is 1.89 bits per heavy atom. The molecule has 1 saturated heterocycles. The van der Waals surface area contributed by atoms with Gasteiger partial charge in [0.25, 0.3) is 17.5 Å². The number of nitro groups is 1. The van der Waals surface area contributed by atoms with Gasteiger partial charge in [-0.25, -0.2) is 9.78 Å². The summed E-state index contributed by atoms with van der Waals surface area (Å²) >= 11 is 6.29. The Morgan fingerprint density at radius 3 is 2.42 bits per heavy atom. The van der Waals surface area contributed by atoms with Crippen LogP contribution in [-0.2, 0) is 50.5 Å². The van der Waals surface area contributed by atoms with Crippen molar-refractivity contribution in [3.63, 3.8) is 0 Å². The van der Waals surface area contributed by atoms with Crippen LogP contribution in [0.3, 0.4) is 0 Å². The molecule has 2 atom stereocenters. The van der Waals surface area contributed by atoms with Crippen molar-refractivity contribution in [3.05, 3.63) is 51.0 Å². The summed E-state index contributed by atoms with van der Waals surface area (Å²) in [5.74, 6) is -6.08. The fourth-order valence-electron chi connectivity index (χ4n) is 3.38. The number of carbonyl (C=O) groups excluding carboxylic acids is 5. The van der Waals surface area contributed by atoms with Gasteiger partial charge in [-0.2, -0.15) is 12.7 Å². The maximum atomic E-state index is 13.2. The van der Waals surface area contributed by atoms with E-state index in [0.29, 0.717) is 5.56 Å². The molecule has 45 heavy (non-hydrogen) atoms. The van der Waals surface area contributed by atoms with Crippen LogP contribution in [0.25, 0.3) is 0 Å². The van der Waals surface area contributed by atoms with Crippen LogP contribution in [0.2, 0.25) is 0 Å². The number of primary amides is 1. The second-order valence-electron chi connectivity index (χ2n) is 9.17. The number of nitrogens with zero attached hydrogens (tertiary/aromatic N) is 4. The van der Waals surface area contributed by atoms with E-state index in [0.717, 1.165) is 11.3 Å². The zero-order valence-electron chi connectivity index (χ0n) is 22.5. The molecule has 23 heteroatoms. The van der Waals surface area contributed by atoms with Gasteiger partial charge >= 0.3 is 45.8 Å².